The molecule has 0 radical (unpaired) electrons. The SMILES string of the molecule is CCOC(=O)c1ccc2c3c(c(=O)[nH]c2c1)CCCN3.CCOC(=O)c1ccc2c3c(c(=O)n(COC)c2c1)CCCN3. The predicted molar refractivity (Wildman–Crippen MR) is 165 cm³/mol. The van der Waals surface area contributed by atoms with Crippen LogP contribution in [0.4, 0.5) is 11.4 Å². The fourth-order valence-electron chi connectivity index (χ4n) is 5.62. The third-order valence-electron chi connectivity index (χ3n) is 7.57. The number of nitrogens with zero attached hydrogens (tertiary/aromatic N) is 1. The second-order valence-corrected chi connectivity index (χ2v) is 10.3. The van der Waals surface area contributed by atoms with Gasteiger partial charge in [0.1, 0.15) is 6.73 Å². The van der Waals surface area contributed by atoms with Crippen LogP contribution in [0.25, 0.3) is 21.8 Å². The molecule has 0 saturated carbocycles. The van der Waals surface area contributed by atoms with E-state index in [0.29, 0.717) is 35.4 Å². The molecule has 0 fully saturated rings. The minimum Gasteiger partial charge on any atom is -0.462 e. The minimum absolute atomic E-state index is 0.0671. The van der Waals surface area contributed by atoms with Gasteiger partial charge in [-0.3, -0.25) is 14.2 Å². The Kier molecular flexibility index (Phi) is 9.10. The fraction of sp³-hybridized carbons (Fsp3) is 0.375. The highest BCUT2D eigenvalue weighted by Crippen LogP contribution is 2.30. The number of anilines is 2. The Hall–Kier alpha value is -4.64. The quantitative estimate of drug-likeness (QED) is 0.283. The number of methoxy groups -OCH3 is 1. The molecule has 0 atom stereocenters. The third kappa shape index (κ3) is 5.98. The molecule has 2 aromatic carbocycles. The van der Waals surface area contributed by atoms with E-state index in [9.17, 15) is 19.2 Å². The molecule has 2 aromatic heterocycles. The van der Waals surface area contributed by atoms with E-state index in [0.717, 1.165) is 72.0 Å². The van der Waals surface area contributed by atoms with Crippen LogP contribution in [0, 0.1) is 0 Å². The highest BCUT2D eigenvalue weighted by molar-refractivity contribution is 6.00. The number of carbonyl (C=O) groups excluding carboxylic acids is 2. The van der Waals surface area contributed by atoms with E-state index in [2.05, 4.69) is 15.6 Å². The van der Waals surface area contributed by atoms with Gasteiger partial charge in [-0.2, -0.15) is 0 Å². The summed E-state index contributed by atoms with van der Waals surface area (Å²) in [6.45, 7) is 6.03. The molecule has 0 aliphatic carbocycles. The maximum Gasteiger partial charge on any atom is 0.338 e. The van der Waals surface area contributed by atoms with Gasteiger partial charge in [0.25, 0.3) is 11.1 Å². The van der Waals surface area contributed by atoms with Gasteiger partial charge < -0.3 is 29.8 Å². The summed E-state index contributed by atoms with van der Waals surface area (Å²) in [4.78, 5) is 51.4. The molecule has 226 valence electrons. The summed E-state index contributed by atoms with van der Waals surface area (Å²) >= 11 is 0. The number of benzene rings is 2. The predicted octanol–water partition coefficient (Wildman–Crippen LogP) is 4.20. The number of nitrogens with one attached hydrogen (secondary N) is 3. The lowest BCUT2D eigenvalue weighted by atomic mass is 10.00. The summed E-state index contributed by atoms with van der Waals surface area (Å²) in [6.07, 6.45) is 3.43. The van der Waals surface area contributed by atoms with Gasteiger partial charge in [-0.05, 0) is 75.9 Å². The van der Waals surface area contributed by atoms with Crippen molar-refractivity contribution in [2.24, 2.45) is 0 Å². The van der Waals surface area contributed by atoms with E-state index >= 15 is 0 Å². The average molecular weight is 589 g/mol. The van der Waals surface area contributed by atoms with Crippen molar-refractivity contribution in [1.82, 2.24) is 9.55 Å². The summed E-state index contributed by atoms with van der Waals surface area (Å²) in [6, 6.07) is 10.6. The van der Waals surface area contributed by atoms with E-state index in [4.69, 9.17) is 14.2 Å². The third-order valence-corrected chi connectivity index (χ3v) is 7.57. The van der Waals surface area contributed by atoms with Crippen molar-refractivity contribution in [2.75, 3.05) is 44.0 Å². The van der Waals surface area contributed by atoms with Gasteiger partial charge in [-0.25, -0.2) is 9.59 Å². The lowest BCUT2D eigenvalue weighted by molar-refractivity contribution is 0.0517. The highest BCUT2D eigenvalue weighted by Gasteiger charge is 2.21. The van der Waals surface area contributed by atoms with Crippen molar-refractivity contribution >= 4 is 45.1 Å². The number of H-pyrrole nitrogens is 1. The Morgan fingerprint density at radius 1 is 0.814 bits per heavy atom. The number of aromatic amines is 1. The molecule has 0 amide bonds. The highest BCUT2D eigenvalue weighted by atomic mass is 16.5. The first-order valence-corrected chi connectivity index (χ1v) is 14.6. The normalized spacial score (nSPS) is 13.6. The zero-order valence-electron chi connectivity index (χ0n) is 24.6. The van der Waals surface area contributed by atoms with Gasteiger partial charge >= 0.3 is 11.9 Å². The second-order valence-electron chi connectivity index (χ2n) is 10.3. The Bertz CT molecular complexity index is 1810. The largest absolute Gasteiger partial charge is 0.462 e. The van der Waals surface area contributed by atoms with Crippen molar-refractivity contribution in [3.05, 3.63) is 79.4 Å². The molecule has 4 heterocycles. The molecule has 11 nitrogen and oxygen atoms in total. The molecule has 3 N–H and O–H groups in total. The first-order valence-electron chi connectivity index (χ1n) is 14.6. The van der Waals surface area contributed by atoms with Crippen molar-refractivity contribution in [3.8, 4) is 0 Å². The Labute approximate surface area is 248 Å². The van der Waals surface area contributed by atoms with Crippen LogP contribution in [-0.2, 0) is 33.8 Å². The first-order chi connectivity index (χ1) is 20.9. The van der Waals surface area contributed by atoms with Gasteiger partial charge in [0.15, 0.2) is 0 Å². The number of esters is 2. The van der Waals surface area contributed by atoms with Crippen LogP contribution in [0.3, 0.4) is 0 Å². The molecule has 43 heavy (non-hydrogen) atoms. The Morgan fingerprint density at radius 3 is 2.02 bits per heavy atom. The van der Waals surface area contributed by atoms with E-state index < -0.39 is 5.97 Å². The molecule has 0 saturated heterocycles. The molecule has 2 aliphatic heterocycles. The lowest BCUT2D eigenvalue weighted by Crippen LogP contribution is -2.29. The number of ether oxygens (including phenoxy) is 3. The van der Waals surface area contributed by atoms with Gasteiger partial charge in [0.2, 0.25) is 0 Å². The van der Waals surface area contributed by atoms with Crippen LogP contribution in [0.2, 0.25) is 0 Å². The monoisotopic (exact) mass is 588 g/mol. The molecular weight excluding hydrogens is 552 g/mol. The molecule has 2 aliphatic rings. The van der Waals surface area contributed by atoms with E-state index in [1.807, 2.05) is 12.1 Å². The summed E-state index contributed by atoms with van der Waals surface area (Å²) in [7, 11) is 1.55. The number of rotatable bonds is 6. The summed E-state index contributed by atoms with van der Waals surface area (Å²) in [5, 5.41) is 8.46. The Morgan fingerprint density at radius 2 is 1.40 bits per heavy atom. The molecule has 11 heteroatoms. The molecule has 6 rings (SSSR count). The van der Waals surface area contributed by atoms with Crippen LogP contribution in [0.5, 0.6) is 0 Å². The lowest BCUT2D eigenvalue weighted by Gasteiger charge is -2.22. The minimum atomic E-state index is -0.392. The summed E-state index contributed by atoms with van der Waals surface area (Å²) in [5.41, 5.74) is 5.42. The first kappa shape index (κ1) is 29.8. The fourth-order valence-corrected chi connectivity index (χ4v) is 5.62. The number of carbonyl (C=O) groups is 2. The number of hydrogen-bond acceptors (Lipinski definition) is 9. The zero-order chi connectivity index (χ0) is 30.5. The van der Waals surface area contributed by atoms with Crippen LogP contribution in [0.1, 0.15) is 58.5 Å². The molecule has 0 unspecified atom stereocenters. The van der Waals surface area contributed by atoms with Crippen molar-refractivity contribution in [2.45, 2.75) is 46.3 Å². The summed E-state index contributed by atoms with van der Waals surface area (Å²) in [5.74, 6) is -0.766. The number of hydrogen-bond donors (Lipinski definition) is 3. The Balaban J connectivity index is 0.000000173. The van der Waals surface area contributed by atoms with Crippen LogP contribution >= 0.6 is 0 Å². The van der Waals surface area contributed by atoms with Crippen molar-refractivity contribution in [3.63, 3.8) is 0 Å². The standard InChI is InChI=1S/C17H20N2O4.C15H16N2O3/c1-3-23-17(21)11-6-7-12-14(9-11)19(10-22-2)16(20)13-5-4-8-18-15(12)13;1-2-20-15(19)9-5-6-10-12(8-9)17-14(18)11-4-3-7-16-13(10)11/h6-7,9,18H,3-5,8,10H2,1-2H3;5-6,8,16H,2-4,7H2,1H3,(H,17,18). The van der Waals surface area contributed by atoms with Crippen LogP contribution < -0.4 is 21.8 Å². The zero-order valence-corrected chi connectivity index (χ0v) is 24.6. The number of aromatic nitrogens is 2. The maximum atomic E-state index is 12.8. The molecule has 0 spiro atoms. The number of fused-ring (bicyclic) bond motifs is 6. The smallest absolute Gasteiger partial charge is 0.338 e. The van der Waals surface area contributed by atoms with Gasteiger partial charge in [0.05, 0.1) is 46.7 Å². The van der Waals surface area contributed by atoms with Gasteiger partial charge in [-0.15, -0.1) is 0 Å². The second kappa shape index (κ2) is 13.1. The average Bonchev–Trinajstić information content (AvgIpc) is 3.03. The van der Waals surface area contributed by atoms with Crippen LogP contribution in [0.15, 0.2) is 46.0 Å². The number of pyridine rings is 2. The van der Waals surface area contributed by atoms with E-state index in [-0.39, 0.29) is 23.8 Å². The van der Waals surface area contributed by atoms with Crippen molar-refractivity contribution < 1.29 is 23.8 Å². The topological polar surface area (TPSA) is 141 Å². The molecular formula is C32H36N4O7. The maximum absolute atomic E-state index is 12.8. The van der Waals surface area contributed by atoms with Crippen molar-refractivity contribution in [1.29, 1.82) is 0 Å². The molecule has 4 aromatic rings. The van der Waals surface area contributed by atoms with Gasteiger partial charge in [0, 0.05) is 42.1 Å². The van der Waals surface area contributed by atoms with E-state index in [1.54, 1.807) is 49.8 Å². The van der Waals surface area contributed by atoms with E-state index in [1.165, 1.54) is 0 Å². The molecule has 0 bridgehead atoms. The van der Waals surface area contributed by atoms with Gasteiger partial charge in [-0.1, -0.05) is 0 Å². The summed E-state index contributed by atoms with van der Waals surface area (Å²) < 4.78 is 16.8. The van der Waals surface area contributed by atoms with Crippen LogP contribution in [-0.4, -0.2) is 54.9 Å².